The standard InChI is InChI=1S/C13H13BrClNO/c14-11-6-10(15)1-2-12(11)16-13(17)9-4-7-3-8(7)5-9/h1-2,6-9H,3-5H2,(H,16,17). The Morgan fingerprint density at radius 2 is 2.00 bits per heavy atom. The van der Waals surface area contributed by atoms with Gasteiger partial charge < -0.3 is 5.32 Å². The molecule has 4 heteroatoms. The molecule has 2 fully saturated rings. The minimum Gasteiger partial charge on any atom is -0.325 e. The van der Waals surface area contributed by atoms with Gasteiger partial charge in [-0.05, 0) is 65.2 Å². The molecule has 17 heavy (non-hydrogen) atoms. The average Bonchev–Trinajstić information content (AvgIpc) is 2.89. The second kappa shape index (κ2) is 4.29. The number of hydrogen-bond donors (Lipinski definition) is 1. The molecular formula is C13H13BrClNO. The van der Waals surface area contributed by atoms with Gasteiger partial charge in [0.05, 0.1) is 5.69 Å². The molecule has 2 unspecified atom stereocenters. The topological polar surface area (TPSA) is 29.1 Å². The SMILES string of the molecule is O=C(Nc1ccc(Cl)cc1Br)C1CC2CC2C1. The van der Waals surface area contributed by atoms with Crippen LogP contribution < -0.4 is 5.32 Å². The largest absolute Gasteiger partial charge is 0.325 e. The first kappa shape index (κ1) is 11.5. The van der Waals surface area contributed by atoms with Gasteiger partial charge in [0.2, 0.25) is 5.91 Å². The molecule has 2 aliphatic carbocycles. The van der Waals surface area contributed by atoms with Gasteiger partial charge in [-0.15, -0.1) is 0 Å². The summed E-state index contributed by atoms with van der Waals surface area (Å²) in [4.78, 5) is 12.1. The van der Waals surface area contributed by atoms with Gasteiger partial charge in [0, 0.05) is 15.4 Å². The molecule has 2 saturated carbocycles. The van der Waals surface area contributed by atoms with E-state index in [1.807, 2.05) is 6.07 Å². The Balaban J connectivity index is 1.67. The predicted octanol–water partition coefficient (Wildman–Crippen LogP) is 4.09. The molecule has 0 spiro atoms. The summed E-state index contributed by atoms with van der Waals surface area (Å²) in [6.07, 6.45) is 3.48. The minimum atomic E-state index is 0.153. The highest BCUT2D eigenvalue weighted by molar-refractivity contribution is 9.10. The lowest BCUT2D eigenvalue weighted by Crippen LogP contribution is -2.21. The molecule has 0 aliphatic heterocycles. The highest BCUT2D eigenvalue weighted by atomic mass is 79.9. The fourth-order valence-electron chi connectivity index (χ4n) is 2.75. The molecule has 0 aromatic heterocycles. The zero-order chi connectivity index (χ0) is 12.0. The number of carbonyl (C=O) groups excluding carboxylic acids is 1. The minimum absolute atomic E-state index is 0.153. The number of carbonyl (C=O) groups is 1. The summed E-state index contributed by atoms with van der Waals surface area (Å²) < 4.78 is 0.835. The first-order chi connectivity index (χ1) is 8.13. The van der Waals surface area contributed by atoms with Gasteiger partial charge in [-0.2, -0.15) is 0 Å². The van der Waals surface area contributed by atoms with Gasteiger partial charge >= 0.3 is 0 Å². The van der Waals surface area contributed by atoms with Crippen LogP contribution in [0.2, 0.25) is 5.02 Å². The number of nitrogens with one attached hydrogen (secondary N) is 1. The van der Waals surface area contributed by atoms with Crippen molar-refractivity contribution >= 4 is 39.1 Å². The molecule has 3 rings (SSSR count). The quantitative estimate of drug-likeness (QED) is 0.875. The predicted molar refractivity (Wildman–Crippen MR) is 72.1 cm³/mol. The van der Waals surface area contributed by atoms with Gasteiger partial charge in [0.15, 0.2) is 0 Å². The Morgan fingerprint density at radius 3 is 2.65 bits per heavy atom. The second-order valence-corrected chi connectivity index (χ2v) is 6.33. The van der Waals surface area contributed by atoms with Gasteiger partial charge in [-0.3, -0.25) is 4.79 Å². The molecule has 0 heterocycles. The Hall–Kier alpha value is -0.540. The van der Waals surface area contributed by atoms with Crippen LogP contribution >= 0.6 is 27.5 Å². The van der Waals surface area contributed by atoms with E-state index >= 15 is 0 Å². The summed E-state index contributed by atoms with van der Waals surface area (Å²) in [6.45, 7) is 0. The summed E-state index contributed by atoms with van der Waals surface area (Å²) in [5.41, 5.74) is 0.806. The van der Waals surface area contributed by atoms with Crippen molar-refractivity contribution in [3.05, 3.63) is 27.7 Å². The van der Waals surface area contributed by atoms with Crippen LogP contribution in [0.5, 0.6) is 0 Å². The first-order valence-electron chi connectivity index (χ1n) is 5.89. The Morgan fingerprint density at radius 1 is 1.29 bits per heavy atom. The Kier molecular flexibility index (Phi) is 2.91. The van der Waals surface area contributed by atoms with E-state index < -0.39 is 0 Å². The number of hydrogen-bond acceptors (Lipinski definition) is 1. The van der Waals surface area contributed by atoms with Crippen LogP contribution in [0, 0.1) is 17.8 Å². The summed E-state index contributed by atoms with van der Waals surface area (Å²) in [6, 6.07) is 5.41. The number of anilines is 1. The summed E-state index contributed by atoms with van der Waals surface area (Å²) in [5.74, 6) is 2.03. The molecule has 0 saturated heterocycles. The third-order valence-corrected chi connectivity index (χ3v) is 4.69. The van der Waals surface area contributed by atoms with Crippen LogP contribution in [-0.4, -0.2) is 5.91 Å². The fraction of sp³-hybridized carbons (Fsp3) is 0.462. The molecule has 0 bridgehead atoms. The number of rotatable bonds is 2. The highest BCUT2D eigenvalue weighted by Gasteiger charge is 2.47. The zero-order valence-electron chi connectivity index (χ0n) is 9.25. The molecule has 1 aromatic carbocycles. The van der Waals surface area contributed by atoms with E-state index in [2.05, 4.69) is 21.2 Å². The lowest BCUT2D eigenvalue weighted by molar-refractivity contribution is -0.120. The molecule has 90 valence electrons. The van der Waals surface area contributed by atoms with Crippen LogP contribution in [0.15, 0.2) is 22.7 Å². The van der Waals surface area contributed by atoms with Crippen LogP contribution in [0.25, 0.3) is 0 Å². The van der Waals surface area contributed by atoms with E-state index in [0.29, 0.717) is 5.02 Å². The van der Waals surface area contributed by atoms with E-state index in [1.165, 1.54) is 6.42 Å². The smallest absolute Gasteiger partial charge is 0.227 e. The van der Waals surface area contributed by atoms with Crippen molar-refractivity contribution in [2.75, 3.05) is 5.32 Å². The van der Waals surface area contributed by atoms with Gasteiger partial charge in [0.25, 0.3) is 0 Å². The van der Waals surface area contributed by atoms with E-state index in [0.717, 1.165) is 34.8 Å². The molecule has 1 aromatic rings. The monoisotopic (exact) mass is 313 g/mol. The first-order valence-corrected chi connectivity index (χ1v) is 7.06. The number of fused-ring (bicyclic) bond motifs is 1. The normalized spacial score (nSPS) is 29.9. The zero-order valence-corrected chi connectivity index (χ0v) is 11.6. The van der Waals surface area contributed by atoms with Crippen molar-refractivity contribution in [2.45, 2.75) is 19.3 Å². The summed E-state index contributed by atoms with van der Waals surface area (Å²) in [7, 11) is 0. The molecule has 0 radical (unpaired) electrons. The van der Waals surface area contributed by atoms with Crippen LogP contribution in [0.4, 0.5) is 5.69 Å². The maximum Gasteiger partial charge on any atom is 0.227 e. The summed E-state index contributed by atoms with van der Waals surface area (Å²) >= 11 is 9.27. The van der Waals surface area contributed by atoms with Gasteiger partial charge in [0.1, 0.15) is 0 Å². The Bertz CT molecular complexity index is 466. The van der Waals surface area contributed by atoms with Crippen molar-refractivity contribution in [1.29, 1.82) is 0 Å². The lowest BCUT2D eigenvalue weighted by atomic mass is 10.0. The molecular weight excluding hydrogens is 302 g/mol. The fourth-order valence-corrected chi connectivity index (χ4v) is 3.54. The lowest BCUT2D eigenvalue weighted by Gasteiger charge is -2.13. The van der Waals surface area contributed by atoms with Crippen molar-refractivity contribution in [1.82, 2.24) is 0 Å². The Labute approximate surface area is 114 Å². The van der Waals surface area contributed by atoms with Gasteiger partial charge in [-0.1, -0.05) is 11.6 Å². The number of amides is 1. The van der Waals surface area contributed by atoms with Crippen molar-refractivity contribution in [3.8, 4) is 0 Å². The number of benzene rings is 1. The highest BCUT2D eigenvalue weighted by Crippen LogP contribution is 2.54. The van der Waals surface area contributed by atoms with E-state index in [9.17, 15) is 4.79 Å². The van der Waals surface area contributed by atoms with Crippen molar-refractivity contribution < 1.29 is 4.79 Å². The average molecular weight is 315 g/mol. The maximum atomic E-state index is 12.1. The van der Waals surface area contributed by atoms with Crippen LogP contribution in [0.3, 0.4) is 0 Å². The maximum absolute atomic E-state index is 12.1. The third kappa shape index (κ3) is 2.36. The van der Waals surface area contributed by atoms with E-state index in [-0.39, 0.29) is 11.8 Å². The molecule has 2 aliphatic rings. The van der Waals surface area contributed by atoms with Crippen molar-refractivity contribution in [2.24, 2.45) is 17.8 Å². The van der Waals surface area contributed by atoms with Gasteiger partial charge in [-0.25, -0.2) is 0 Å². The molecule has 1 N–H and O–H groups in total. The molecule has 2 nitrogen and oxygen atoms in total. The molecule has 2 atom stereocenters. The van der Waals surface area contributed by atoms with Crippen molar-refractivity contribution in [3.63, 3.8) is 0 Å². The third-order valence-electron chi connectivity index (χ3n) is 3.80. The van der Waals surface area contributed by atoms with E-state index in [4.69, 9.17) is 11.6 Å². The number of halogens is 2. The summed E-state index contributed by atoms with van der Waals surface area (Å²) in [5, 5.41) is 3.64. The van der Waals surface area contributed by atoms with Crippen LogP contribution in [0.1, 0.15) is 19.3 Å². The molecule has 1 amide bonds. The van der Waals surface area contributed by atoms with Crippen LogP contribution in [-0.2, 0) is 4.79 Å². The van der Waals surface area contributed by atoms with E-state index in [1.54, 1.807) is 12.1 Å². The second-order valence-electron chi connectivity index (χ2n) is 5.04.